The first-order chi connectivity index (χ1) is 11.9. The molecule has 2 heterocycles. The Kier molecular flexibility index (Phi) is 4.09. The molecule has 122 valence electrons. The molecule has 0 N–H and O–H groups in total. The van der Waals surface area contributed by atoms with E-state index in [2.05, 4.69) is 37.7 Å². The Bertz CT molecular complexity index is 839. The van der Waals surface area contributed by atoms with Crippen molar-refractivity contribution in [3.8, 4) is 17.1 Å². The average Bonchev–Trinajstić information content (AvgIpc) is 3.12. The van der Waals surface area contributed by atoms with Crippen molar-refractivity contribution in [3.05, 3.63) is 59.9 Å². The molecule has 0 spiro atoms. The van der Waals surface area contributed by atoms with E-state index in [-0.39, 0.29) is 0 Å². The summed E-state index contributed by atoms with van der Waals surface area (Å²) in [5, 5.41) is 0. The predicted octanol–water partition coefficient (Wildman–Crippen LogP) is 3.35. The Labute approximate surface area is 141 Å². The number of aromatic nitrogens is 4. The van der Waals surface area contributed by atoms with Crippen molar-refractivity contribution in [2.45, 2.75) is 32.3 Å². The number of hydrogen-bond acceptors (Lipinski definition) is 4. The molecule has 5 nitrogen and oxygen atoms in total. The Balaban J connectivity index is 1.76. The first-order valence-corrected chi connectivity index (χ1v) is 8.31. The summed E-state index contributed by atoms with van der Waals surface area (Å²) >= 11 is 0. The number of imidazole rings is 1. The predicted molar refractivity (Wildman–Crippen MR) is 91.9 cm³/mol. The fraction of sp³-hybridized carbons (Fsp3) is 0.316. The molecule has 24 heavy (non-hydrogen) atoms. The first-order valence-electron chi connectivity index (χ1n) is 8.31. The van der Waals surface area contributed by atoms with E-state index in [9.17, 15) is 0 Å². The summed E-state index contributed by atoms with van der Waals surface area (Å²) in [6.45, 7) is 0.418. The summed E-state index contributed by atoms with van der Waals surface area (Å²) in [4.78, 5) is 13.3. The third-order valence-corrected chi connectivity index (χ3v) is 4.51. The minimum absolute atomic E-state index is 0.418. The first kappa shape index (κ1) is 15.0. The third kappa shape index (κ3) is 2.71. The van der Waals surface area contributed by atoms with Crippen LogP contribution in [0.5, 0.6) is 0 Å². The van der Waals surface area contributed by atoms with E-state index in [1.54, 1.807) is 7.11 Å². The van der Waals surface area contributed by atoms with Crippen LogP contribution in [0.15, 0.2) is 43.0 Å². The Hall–Kier alpha value is -2.53. The molecule has 0 unspecified atom stereocenters. The van der Waals surface area contributed by atoms with E-state index >= 15 is 0 Å². The van der Waals surface area contributed by atoms with Gasteiger partial charge in [-0.05, 0) is 42.9 Å². The molecule has 0 radical (unpaired) electrons. The zero-order valence-corrected chi connectivity index (χ0v) is 13.8. The van der Waals surface area contributed by atoms with Crippen molar-refractivity contribution in [1.29, 1.82) is 0 Å². The van der Waals surface area contributed by atoms with Crippen LogP contribution in [0.2, 0.25) is 0 Å². The molecule has 0 aliphatic heterocycles. The molecule has 0 amide bonds. The van der Waals surface area contributed by atoms with Crippen LogP contribution in [0.1, 0.15) is 29.8 Å². The van der Waals surface area contributed by atoms with Gasteiger partial charge in [0.1, 0.15) is 12.4 Å². The van der Waals surface area contributed by atoms with Crippen molar-refractivity contribution in [2.75, 3.05) is 7.11 Å². The lowest BCUT2D eigenvalue weighted by Crippen LogP contribution is -2.09. The SMILES string of the molecule is COCc1ncc(-c2nccn2-c2cccc3c2CCCC3)cn1. The van der Waals surface area contributed by atoms with Crippen LogP contribution < -0.4 is 0 Å². The number of hydrogen-bond donors (Lipinski definition) is 0. The van der Waals surface area contributed by atoms with Crippen LogP contribution in [-0.4, -0.2) is 26.6 Å². The number of nitrogens with zero attached hydrogens (tertiary/aromatic N) is 4. The van der Waals surface area contributed by atoms with Crippen LogP contribution in [0.25, 0.3) is 17.1 Å². The summed E-state index contributed by atoms with van der Waals surface area (Å²) in [5.41, 5.74) is 5.04. The van der Waals surface area contributed by atoms with Crippen LogP contribution >= 0.6 is 0 Å². The topological polar surface area (TPSA) is 52.8 Å². The second-order valence-electron chi connectivity index (χ2n) is 6.06. The Morgan fingerprint density at radius 2 is 1.92 bits per heavy atom. The van der Waals surface area contributed by atoms with Crippen LogP contribution in [-0.2, 0) is 24.2 Å². The van der Waals surface area contributed by atoms with Gasteiger partial charge in [-0.1, -0.05) is 12.1 Å². The molecule has 0 saturated carbocycles. The van der Waals surface area contributed by atoms with E-state index in [1.165, 1.54) is 36.1 Å². The highest BCUT2D eigenvalue weighted by atomic mass is 16.5. The number of aryl methyl sites for hydroxylation is 1. The molecule has 0 atom stereocenters. The standard InChI is InChI=1S/C19H20N4O/c1-24-13-18-21-11-15(12-22-18)19-20-9-10-23(19)17-8-4-6-14-5-2-3-7-16(14)17/h4,6,8-12H,2-3,5,7,13H2,1H3. The summed E-state index contributed by atoms with van der Waals surface area (Å²) in [7, 11) is 1.64. The number of rotatable bonds is 4. The van der Waals surface area contributed by atoms with Crippen LogP contribution in [0, 0.1) is 0 Å². The zero-order valence-electron chi connectivity index (χ0n) is 13.8. The van der Waals surface area contributed by atoms with Crippen molar-refractivity contribution in [3.63, 3.8) is 0 Å². The molecule has 3 aromatic rings. The van der Waals surface area contributed by atoms with Crippen molar-refractivity contribution in [1.82, 2.24) is 19.5 Å². The molecule has 4 rings (SSSR count). The summed E-state index contributed by atoms with van der Waals surface area (Å²) in [5.74, 6) is 1.55. The van der Waals surface area contributed by atoms with Gasteiger partial charge >= 0.3 is 0 Å². The summed E-state index contributed by atoms with van der Waals surface area (Å²) in [6.07, 6.45) is 12.3. The van der Waals surface area contributed by atoms with E-state index in [4.69, 9.17) is 4.74 Å². The molecule has 5 heteroatoms. The Morgan fingerprint density at radius 3 is 2.75 bits per heavy atom. The number of methoxy groups -OCH3 is 1. The maximum atomic E-state index is 5.07. The minimum Gasteiger partial charge on any atom is -0.377 e. The highest BCUT2D eigenvalue weighted by Gasteiger charge is 2.16. The quantitative estimate of drug-likeness (QED) is 0.740. The molecule has 0 saturated heterocycles. The van der Waals surface area contributed by atoms with Crippen molar-refractivity contribution in [2.24, 2.45) is 0 Å². The van der Waals surface area contributed by atoms with Gasteiger partial charge in [-0.3, -0.25) is 4.57 Å². The maximum Gasteiger partial charge on any atom is 0.153 e. The maximum absolute atomic E-state index is 5.07. The lowest BCUT2D eigenvalue weighted by Gasteiger charge is -2.20. The summed E-state index contributed by atoms with van der Waals surface area (Å²) in [6, 6.07) is 6.56. The highest BCUT2D eigenvalue weighted by molar-refractivity contribution is 5.59. The van der Waals surface area contributed by atoms with Crippen LogP contribution in [0.3, 0.4) is 0 Å². The second kappa shape index (κ2) is 6.53. The molecule has 2 aromatic heterocycles. The fourth-order valence-corrected chi connectivity index (χ4v) is 3.37. The fourth-order valence-electron chi connectivity index (χ4n) is 3.37. The highest BCUT2D eigenvalue weighted by Crippen LogP contribution is 2.29. The van der Waals surface area contributed by atoms with Crippen LogP contribution in [0.4, 0.5) is 0 Å². The minimum atomic E-state index is 0.418. The number of benzene rings is 1. The molecular weight excluding hydrogens is 300 g/mol. The van der Waals surface area contributed by atoms with Gasteiger partial charge in [0.2, 0.25) is 0 Å². The molecule has 1 aromatic carbocycles. The number of fused-ring (bicyclic) bond motifs is 1. The Morgan fingerprint density at radius 1 is 1.08 bits per heavy atom. The zero-order chi connectivity index (χ0) is 16.4. The largest absolute Gasteiger partial charge is 0.377 e. The van der Waals surface area contributed by atoms with Gasteiger partial charge in [-0.25, -0.2) is 15.0 Å². The summed E-state index contributed by atoms with van der Waals surface area (Å²) < 4.78 is 7.22. The molecular formula is C19H20N4O. The normalized spacial score (nSPS) is 13.7. The van der Waals surface area contributed by atoms with Gasteiger partial charge in [-0.2, -0.15) is 0 Å². The third-order valence-electron chi connectivity index (χ3n) is 4.51. The van der Waals surface area contributed by atoms with Crippen molar-refractivity contribution >= 4 is 0 Å². The molecule has 0 fully saturated rings. The van der Waals surface area contributed by atoms with Gasteiger partial charge in [0, 0.05) is 31.9 Å². The van der Waals surface area contributed by atoms with Gasteiger partial charge in [0.05, 0.1) is 11.3 Å². The smallest absolute Gasteiger partial charge is 0.153 e. The van der Waals surface area contributed by atoms with Gasteiger partial charge in [-0.15, -0.1) is 0 Å². The monoisotopic (exact) mass is 320 g/mol. The van der Waals surface area contributed by atoms with Crippen molar-refractivity contribution < 1.29 is 4.74 Å². The lowest BCUT2D eigenvalue weighted by molar-refractivity contribution is 0.178. The lowest BCUT2D eigenvalue weighted by atomic mass is 9.90. The number of ether oxygens (including phenoxy) is 1. The second-order valence-corrected chi connectivity index (χ2v) is 6.06. The van der Waals surface area contributed by atoms with Gasteiger partial charge < -0.3 is 4.74 Å². The molecule has 1 aliphatic rings. The van der Waals surface area contributed by atoms with E-state index < -0.39 is 0 Å². The average molecular weight is 320 g/mol. The van der Waals surface area contributed by atoms with E-state index in [0.29, 0.717) is 12.4 Å². The van der Waals surface area contributed by atoms with E-state index in [1.807, 2.05) is 24.8 Å². The van der Waals surface area contributed by atoms with Gasteiger partial charge in [0.25, 0.3) is 0 Å². The van der Waals surface area contributed by atoms with Gasteiger partial charge in [0.15, 0.2) is 5.82 Å². The molecule has 1 aliphatic carbocycles. The van der Waals surface area contributed by atoms with E-state index in [0.717, 1.165) is 17.8 Å². The molecule has 0 bridgehead atoms.